The van der Waals surface area contributed by atoms with Gasteiger partial charge in [-0.15, -0.1) is 0 Å². The predicted molar refractivity (Wildman–Crippen MR) is 43.8 cm³/mol. The van der Waals surface area contributed by atoms with Crippen LogP contribution in [-0.2, 0) is 0 Å². The van der Waals surface area contributed by atoms with Crippen LogP contribution < -0.4 is 0 Å². The Labute approximate surface area is 95.2 Å². The van der Waals surface area contributed by atoms with Crippen molar-refractivity contribution < 1.29 is 35.1 Å². The zero-order chi connectivity index (χ0) is 13.8. The number of benzene rings is 1. The first-order chi connectivity index (χ1) is 8.29. The average Bonchev–Trinajstić information content (AvgIpc) is 2.35. The van der Waals surface area contributed by atoms with Gasteiger partial charge in [-0.3, -0.25) is 0 Å². The fourth-order valence-corrected chi connectivity index (χ4v) is 1.85. The summed E-state index contributed by atoms with van der Waals surface area (Å²) in [5, 5.41) is 0. The van der Waals surface area contributed by atoms with E-state index in [0.29, 0.717) is 0 Å². The summed E-state index contributed by atoms with van der Waals surface area (Å²) in [4.78, 5) is 0. The monoisotopic (exact) mass is 276 g/mol. The van der Waals surface area contributed by atoms with Crippen molar-refractivity contribution in [2.24, 2.45) is 0 Å². The van der Waals surface area contributed by atoms with Crippen molar-refractivity contribution in [3.05, 3.63) is 34.4 Å². The molecule has 0 unspecified atom stereocenters. The highest BCUT2D eigenvalue weighted by atomic mass is 19.2. The van der Waals surface area contributed by atoms with Crippen molar-refractivity contribution in [3.63, 3.8) is 0 Å². The molecule has 1 aliphatic rings. The summed E-state index contributed by atoms with van der Waals surface area (Å²) in [7, 11) is 0. The number of hydrogen-bond acceptors (Lipinski definition) is 0. The van der Waals surface area contributed by atoms with E-state index in [-0.39, 0.29) is 0 Å². The molecule has 2 rings (SSSR count). The van der Waals surface area contributed by atoms with Crippen LogP contribution in [0.15, 0.2) is 0 Å². The Bertz CT molecular complexity index is 454. The van der Waals surface area contributed by atoms with E-state index in [2.05, 4.69) is 0 Å². The maximum absolute atomic E-state index is 13.3. The lowest BCUT2D eigenvalue weighted by Gasteiger charge is -2.29. The van der Waals surface area contributed by atoms with Crippen LogP contribution in [0, 0.1) is 23.3 Å². The lowest BCUT2D eigenvalue weighted by Crippen LogP contribution is -2.35. The molecule has 8 heteroatoms. The van der Waals surface area contributed by atoms with Gasteiger partial charge in [0.25, 0.3) is 0 Å². The van der Waals surface area contributed by atoms with Gasteiger partial charge in [0.1, 0.15) is 0 Å². The number of alkyl halides is 4. The van der Waals surface area contributed by atoms with E-state index < -0.39 is 59.1 Å². The van der Waals surface area contributed by atoms with Gasteiger partial charge in [-0.25, -0.2) is 35.1 Å². The number of fused-ring (bicyclic) bond motifs is 1. The Morgan fingerprint density at radius 1 is 0.500 bits per heavy atom. The third-order valence-electron chi connectivity index (χ3n) is 2.76. The molecule has 0 heterocycles. The predicted octanol–water partition coefficient (Wildman–Crippen LogP) is 3.95. The molecule has 0 fully saturated rings. The molecule has 1 aromatic carbocycles. The Balaban J connectivity index is 2.80. The molecule has 0 radical (unpaired) electrons. The van der Waals surface area contributed by atoms with Gasteiger partial charge in [0.05, 0.1) is 0 Å². The van der Waals surface area contributed by atoms with Gasteiger partial charge in [0, 0.05) is 11.1 Å². The Kier molecular flexibility index (Phi) is 2.98. The van der Waals surface area contributed by atoms with Crippen molar-refractivity contribution in [1.82, 2.24) is 0 Å². The van der Waals surface area contributed by atoms with E-state index in [0.717, 1.165) is 0 Å². The third-order valence-corrected chi connectivity index (χ3v) is 2.76. The molecule has 0 aromatic heterocycles. The summed E-state index contributed by atoms with van der Waals surface area (Å²) < 4.78 is 104. The van der Waals surface area contributed by atoms with E-state index >= 15 is 0 Å². The van der Waals surface area contributed by atoms with Crippen molar-refractivity contribution in [1.29, 1.82) is 0 Å². The molecule has 0 bridgehead atoms. The molecule has 0 amide bonds. The molecule has 0 nitrogen and oxygen atoms in total. The minimum absolute atomic E-state index is 1.65. The Morgan fingerprint density at radius 2 is 0.778 bits per heavy atom. The van der Waals surface area contributed by atoms with Crippen LogP contribution in [0.4, 0.5) is 35.1 Å². The minimum Gasteiger partial charge on any atom is -0.241 e. The van der Waals surface area contributed by atoms with Crippen molar-refractivity contribution in [2.45, 2.75) is 24.7 Å². The number of hydrogen-bond donors (Lipinski definition) is 0. The van der Waals surface area contributed by atoms with Gasteiger partial charge < -0.3 is 0 Å². The maximum atomic E-state index is 13.3. The molecular formula is C10H4F8. The lowest BCUT2D eigenvalue weighted by molar-refractivity contribution is 0.0106. The van der Waals surface area contributed by atoms with Crippen molar-refractivity contribution in [3.8, 4) is 0 Å². The molecular weight excluding hydrogens is 272 g/mol. The fraction of sp³-hybridized carbons (Fsp3) is 0.400. The molecule has 0 saturated carbocycles. The van der Waals surface area contributed by atoms with Gasteiger partial charge in [-0.1, -0.05) is 0 Å². The summed E-state index contributed by atoms with van der Waals surface area (Å²) in [5.41, 5.74) is -3.30. The lowest BCUT2D eigenvalue weighted by atomic mass is 9.85. The first kappa shape index (κ1) is 13.1. The average molecular weight is 276 g/mol. The molecule has 1 aromatic rings. The van der Waals surface area contributed by atoms with E-state index in [9.17, 15) is 35.1 Å². The highest BCUT2D eigenvalue weighted by molar-refractivity contribution is 5.39. The Hall–Kier alpha value is -1.34. The Morgan fingerprint density at radius 3 is 1.06 bits per heavy atom. The number of rotatable bonds is 0. The fourth-order valence-electron chi connectivity index (χ4n) is 1.85. The van der Waals surface area contributed by atoms with Crippen LogP contribution in [0.5, 0.6) is 0 Å². The van der Waals surface area contributed by atoms with Crippen LogP contribution in [0.25, 0.3) is 0 Å². The van der Waals surface area contributed by atoms with E-state index in [1.807, 2.05) is 0 Å². The van der Waals surface area contributed by atoms with Crippen LogP contribution in [-0.4, -0.2) is 12.3 Å². The molecule has 0 N–H and O–H groups in total. The van der Waals surface area contributed by atoms with Crippen LogP contribution >= 0.6 is 0 Å². The minimum atomic E-state index is -3.12. The summed E-state index contributed by atoms with van der Waals surface area (Å²) in [6.45, 7) is 0. The summed E-state index contributed by atoms with van der Waals surface area (Å²) in [6.07, 6.45) is -12.4. The second-order valence-corrected chi connectivity index (χ2v) is 3.78. The van der Waals surface area contributed by atoms with Crippen molar-refractivity contribution in [2.75, 3.05) is 0 Å². The number of halogens is 8. The zero-order valence-electron chi connectivity index (χ0n) is 8.33. The standard InChI is InChI=1S/C10H4F8/c11-3-1-2(5(13)9(17)7(3)15)6(14)10(18)8(16)4(1)12/h3,5,7,9H/t3-,5+,7-,9+. The van der Waals surface area contributed by atoms with Crippen LogP contribution in [0.3, 0.4) is 0 Å². The molecule has 100 valence electrons. The second kappa shape index (κ2) is 4.10. The molecule has 0 saturated heterocycles. The van der Waals surface area contributed by atoms with Gasteiger partial charge in [0.15, 0.2) is 48.0 Å². The highest BCUT2D eigenvalue weighted by Crippen LogP contribution is 2.46. The quantitative estimate of drug-likeness (QED) is 0.382. The second-order valence-electron chi connectivity index (χ2n) is 3.78. The molecule has 0 aliphatic heterocycles. The summed E-state index contributed by atoms with van der Waals surface area (Å²) in [6, 6.07) is 0. The molecule has 0 spiro atoms. The van der Waals surface area contributed by atoms with Gasteiger partial charge in [-0.2, -0.15) is 0 Å². The first-order valence-electron chi connectivity index (χ1n) is 4.71. The normalized spacial score (nSPS) is 31.3. The van der Waals surface area contributed by atoms with E-state index in [4.69, 9.17) is 0 Å². The zero-order valence-corrected chi connectivity index (χ0v) is 8.33. The van der Waals surface area contributed by atoms with Gasteiger partial charge in [-0.05, 0) is 0 Å². The van der Waals surface area contributed by atoms with Gasteiger partial charge in [0.2, 0.25) is 0 Å². The molecule has 18 heavy (non-hydrogen) atoms. The van der Waals surface area contributed by atoms with Gasteiger partial charge >= 0.3 is 0 Å². The SMILES string of the molecule is Fc1c(F)c(F)c2c(c1F)[C@@H](F)[C@@H](F)[C@@H](F)[C@H]2F. The van der Waals surface area contributed by atoms with Crippen LogP contribution in [0.2, 0.25) is 0 Å². The maximum Gasteiger partial charge on any atom is 0.197 e. The molecule has 4 atom stereocenters. The van der Waals surface area contributed by atoms with E-state index in [1.54, 1.807) is 0 Å². The largest absolute Gasteiger partial charge is 0.241 e. The summed E-state index contributed by atoms with van der Waals surface area (Å²) in [5.74, 6) is -9.31. The van der Waals surface area contributed by atoms with Crippen molar-refractivity contribution >= 4 is 0 Å². The van der Waals surface area contributed by atoms with E-state index in [1.165, 1.54) is 0 Å². The summed E-state index contributed by atoms with van der Waals surface area (Å²) >= 11 is 0. The molecule has 1 aliphatic carbocycles. The first-order valence-corrected chi connectivity index (χ1v) is 4.71. The smallest absolute Gasteiger partial charge is 0.197 e. The third kappa shape index (κ3) is 1.50. The topological polar surface area (TPSA) is 0 Å². The van der Waals surface area contributed by atoms with Crippen LogP contribution in [0.1, 0.15) is 23.5 Å². The highest BCUT2D eigenvalue weighted by Gasteiger charge is 2.49.